The number of alkyl carbamates (subject to hydrolysis) is 1. The van der Waals surface area contributed by atoms with Crippen molar-refractivity contribution < 1.29 is 28.9 Å². The number of carbonyl (C=O) groups excluding carboxylic acids is 2. The van der Waals surface area contributed by atoms with E-state index in [2.05, 4.69) is 10.6 Å². The summed E-state index contributed by atoms with van der Waals surface area (Å²) in [5.74, 6) is 0.583. The molecule has 10 heteroatoms. The first kappa shape index (κ1) is 34.6. The van der Waals surface area contributed by atoms with E-state index < -0.39 is 11.7 Å². The van der Waals surface area contributed by atoms with Gasteiger partial charge in [0.25, 0.3) is 5.91 Å². The van der Waals surface area contributed by atoms with E-state index in [-0.39, 0.29) is 31.7 Å². The monoisotopic (exact) mass is 698 g/mol. The lowest BCUT2D eigenvalue weighted by atomic mass is 9.82. The minimum atomic E-state index is -1.02. The number of rotatable bonds is 13. The molecule has 3 N–H and O–H groups in total. The molecule has 2 heterocycles. The fourth-order valence-electron chi connectivity index (χ4n) is 6.64. The molecule has 2 amide bonds. The third-order valence-corrected chi connectivity index (χ3v) is 9.57. The van der Waals surface area contributed by atoms with Crippen molar-refractivity contribution in [2.75, 3.05) is 16.8 Å². The predicted molar refractivity (Wildman–Crippen MR) is 198 cm³/mol. The Morgan fingerprint density at radius 3 is 2.04 bits per heavy atom. The Kier molecular flexibility index (Phi) is 10.6. The number of benzene rings is 4. The molecular formula is C42H42N4O6. The molecule has 1 saturated carbocycles. The molecule has 0 spiro atoms. The highest BCUT2D eigenvalue weighted by molar-refractivity contribution is 6.11. The standard InChI is InChI=1S/C42H42N4O6/c47-40-34-17-10-18-36(44-33-21-23-42(49,24-22-33)29-43-41(48)52-28-32-15-8-3-9-16-32)35(34)25-46(40)37-19-20-38(50-26-30-11-4-1-5-12-30)45-39(37)51-27-31-13-6-2-7-14-31/h1-20,33,44,49H,21-29H2,(H,43,48). The van der Waals surface area contributed by atoms with E-state index >= 15 is 0 Å². The fourth-order valence-corrected chi connectivity index (χ4v) is 6.64. The Labute approximate surface area is 303 Å². The van der Waals surface area contributed by atoms with Crippen molar-refractivity contribution in [3.05, 3.63) is 149 Å². The first-order valence-electron chi connectivity index (χ1n) is 17.6. The zero-order chi connectivity index (χ0) is 35.8. The molecule has 4 aromatic carbocycles. The smallest absolute Gasteiger partial charge is 0.407 e. The number of nitrogens with zero attached hydrogens (tertiary/aromatic N) is 2. The summed E-state index contributed by atoms with van der Waals surface area (Å²) in [6.45, 7) is 1.27. The van der Waals surface area contributed by atoms with E-state index in [4.69, 9.17) is 19.2 Å². The Morgan fingerprint density at radius 1 is 0.769 bits per heavy atom. The normalized spacial score (nSPS) is 18.0. The van der Waals surface area contributed by atoms with Crippen molar-refractivity contribution in [1.29, 1.82) is 0 Å². The molecule has 1 aliphatic heterocycles. The second kappa shape index (κ2) is 16.0. The summed E-state index contributed by atoms with van der Waals surface area (Å²) in [5.41, 5.74) is 4.84. The van der Waals surface area contributed by atoms with Gasteiger partial charge in [0.05, 0.1) is 12.1 Å². The van der Waals surface area contributed by atoms with Crippen LogP contribution in [0.3, 0.4) is 0 Å². The van der Waals surface area contributed by atoms with Gasteiger partial charge in [0.1, 0.15) is 25.5 Å². The highest BCUT2D eigenvalue weighted by Crippen LogP contribution is 2.39. The van der Waals surface area contributed by atoms with Crippen molar-refractivity contribution in [3.63, 3.8) is 0 Å². The third kappa shape index (κ3) is 8.52. The molecule has 1 aromatic heterocycles. The van der Waals surface area contributed by atoms with Crippen LogP contribution in [0.4, 0.5) is 16.2 Å². The van der Waals surface area contributed by atoms with E-state index in [0.717, 1.165) is 27.9 Å². The summed E-state index contributed by atoms with van der Waals surface area (Å²) in [5, 5.41) is 17.6. The number of amides is 2. The van der Waals surface area contributed by atoms with Crippen LogP contribution < -0.4 is 25.0 Å². The number of carbonyl (C=O) groups is 2. The molecular weight excluding hydrogens is 656 g/mol. The quantitative estimate of drug-likeness (QED) is 0.116. The molecule has 1 aliphatic carbocycles. The zero-order valence-electron chi connectivity index (χ0n) is 28.9. The van der Waals surface area contributed by atoms with Crippen LogP contribution in [-0.2, 0) is 31.1 Å². The maximum Gasteiger partial charge on any atom is 0.407 e. The van der Waals surface area contributed by atoms with Gasteiger partial charge in [0, 0.05) is 35.5 Å². The number of hydrogen-bond acceptors (Lipinski definition) is 8. The Balaban J connectivity index is 0.992. The van der Waals surface area contributed by atoms with Crippen LogP contribution >= 0.6 is 0 Å². The Hall–Kier alpha value is -5.87. The maximum absolute atomic E-state index is 13.9. The number of aromatic nitrogens is 1. The van der Waals surface area contributed by atoms with Crippen LogP contribution in [0.2, 0.25) is 0 Å². The molecule has 1 fully saturated rings. The van der Waals surface area contributed by atoms with Gasteiger partial charge in [-0.25, -0.2) is 4.79 Å². The van der Waals surface area contributed by atoms with Crippen LogP contribution in [0.5, 0.6) is 11.8 Å². The topological polar surface area (TPSA) is 122 Å². The van der Waals surface area contributed by atoms with Crippen molar-refractivity contribution >= 4 is 23.4 Å². The lowest BCUT2D eigenvalue weighted by molar-refractivity contribution is 0.00165. The van der Waals surface area contributed by atoms with Gasteiger partial charge in [-0.3, -0.25) is 9.69 Å². The van der Waals surface area contributed by atoms with Gasteiger partial charge in [0.15, 0.2) is 0 Å². The lowest BCUT2D eigenvalue weighted by Crippen LogP contribution is -2.47. The molecule has 52 heavy (non-hydrogen) atoms. The van der Waals surface area contributed by atoms with Gasteiger partial charge >= 0.3 is 6.09 Å². The number of nitrogens with one attached hydrogen (secondary N) is 2. The van der Waals surface area contributed by atoms with Crippen molar-refractivity contribution in [2.45, 2.75) is 63.7 Å². The molecule has 5 aromatic rings. The molecule has 0 bridgehead atoms. The number of anilines is 2. The summed E-state index contributed by atoms with van der Waals surface area (Å²) in [6.07, 6.45) is 1.87. The van der Waals surface area contributed by atoms with Gasteiger partial charge in [-0.15, -0.1) is 0 Å². The number of fused-ring (bicyclic) bond motifs is 1. The van der Waals surface area contributed by atoms with Gasteiger partial charge in [-0.05, 0) is 60.6 Å². The maximum atomic E-state index is 13.9. The van der Waals surface area contributed by atoms with E-state index in [9.17, 15) is 14.7 Å². The molecule has 266 valence electrons. The average molecular weight is 699 g/mol. The van der Waals surface area contributed by atoms with Crippen LogP contribution in [0.15, 0.2) is 121 Å². The van der Waals surface area contributed by atoms with Gasteiger partial charge in [-0.1, -0.05) is 97.1 Å². The molecule has 0 saturated heterocycles. The first-order chi connectivity index (χ1) is 25.4. The minimum absolute atomic E-state index is 0.0911. The Morgan fingerprint density at radius 2 is 1.38 bits per heavy atom. The highest BCUT2D eigenvalue weighted by atomic mass is 16.5. The van der Waals surface area contributed by atoms with Gasteiger partial charge in [0.2, 0.25) is 11.8 Å². The second-order valence-electron chi connectivity index (χ2n) is 13.3. The van der Waals surface area contributed by atoms with Crippen LogP contribution in [0, 0.1) is 0 Å². The predicted octanol–water partition coefficient (Wildman–Crippen LogP) is 7.41. The van der Waals surface area contributed by atoms with E-state index in [1.165, 1.54) is 0 Å². The highest BCUT2D eigenvalue weighted by Gasteiger charge is 2.36. The van der Waals surface area contributed by atoms with Crippen LogP contribution in [0.25, 0.3) is 0 Å². The van der Waals surface area contributed by atoms with E-state index in [1.807, 2.05) is 115 Å². The van der Waals surface area contributed by atoms with Crippen LogP contribution in [-0.4, -0.2) is 40.3 Å². The molecule has 0 atom stereocenters. The summed E-state index contributed by atoms with van der Waals surface area (Å²) in [7, 11) is 0. The summed E-state index contributed by atoms with van der Waals surface area (Å²) in [4.78, 5) is 32.6. The first-order valence-corrected chi connectivity index (χ1v) is 17.6. The number of pyridine rings is 1. The van der Waals surface area contributed by atoms with Crippen LogP contribution in [0.1, 0.15) is 58.3 Å². The fraction of sp³-hybridized carbons (Fsp3) is 0.262. The zero-order valence-corrected chi connectivity index (χ0v) is 28.9. The molecule has 7 rings (SSSR count). The average Bonchev–Trinajstić information content (AvgIpc) is 3.53. The SMILES string of the molecule is O=C(NCC1(O)CCC(Nc2cccc3c2CN(c2ccc(OCc4ccccc4)nc2OCc2ccccc2)C3=O)CC1)OCc1ccccc1. The lowest BCUT2D eigenvalue weighted by Gasteiger charge is -2.36. The van der Waals surface area contributed by atoms with Crippen molar-refractivity contribution in [3.8, 4) is 11.8 Å². The summed E-state index contributed by atoms with van der Waals surface area (Å²) < 4.78 is 17.6. The molecule has 0 unspecified atom stereocenters. The second-order valence-corrected chi connectivity index (χ2v) is 13.3. The number of aliphatic hydroxyl groups is 1. The summed E-state index contributed by atoms with van der Waals surface area (Å²) in [6, 6.07) is 38.6. The van der Waals surface area contributed by atoms with Gasteiger partial charge < -0.3 is 30.0 Å². The van der Waals surface area contributed by atoms with E-state index in [0.29, 0.717) is 61.8 Å². The Bertz CT molecular complexity index is 1970. The van der Waals surface area contributed by atoms with E-state index in [1.54, 1.807) is 11.0 Å². The largest absolute Gasteiger partial charge is 0.473 e. The molecule has 10 nitrogen and oxygen atoms in total. The number of ether oxygens (including phenoxy) is 3. The van der Waals surface area contributed by atoms with Crippen molar-refractivity contribution in [1.82, 2.24) is 10.3 Å². The van der Waals surface area contributed by atoms with Crippen molar-refractivity contribution in [2.24, 2.45) is 0 Å². The molecule has 2 aliphatic rings. The third-order valence-electron chi connectivity index (χ3n) is 9.57. The molecule has 0 radical (unpaired) electrons. The minimum Gasteiger partial charge on any atom is -0.473 e. The van der Waals surface area contributed by atoms with Gasteiger partial charge in [-0.2, -0.15) is 4.98 Å². The summed E-state index contributed by atoms with van der Waals surface area (Å²) >= 11 is 0. The number of hydrogen-bond donors (Lipinski definition) is 3.